The summed E-state index contributed by atoms with van der Waals surface area (Å²) in [4.78, 5) is 26.2. The van der Waals surface area contributed by atoms with Crippen molar-refractivity contribution in [2.75, 3.05) is 19.0 Å². The molecule has 190 valence electrons. The molecule has 0 saturated carbocycles. The minimum absolute atomic E-state index is 0.00141. The molecule has 6 rings (SSSR count). The summed E-state index contributed by atoms with van der Waals surface area (Å²) in [7, 11) is 0. The third-order valence-electron chi connectivity index (χ3n) is 7.37. The van der Waals surface area contributed by atoms with Crippen molar-refractivity contribution in [3.63, 3.8) is 0 Å². The second-order valence-electron chi connectivity index (χ2n) is 9.74. The number of carbonyl (C=O) groups excluding carboxylic acids is 2. The molecule has 2 saturated heterocycles. The van der Waals surface area contributed by atoms with Crippen LogP contribution in [0.15, 0.2) is 77.3 Å². The summed E-state index contributed by atoms with van der Waals surface area (Å²) in [6.07, 6.45) is 4.12. The number of rotatable bonds is 6. The van der Waals surface area contributed by atoms with Gasteiger partial charge in [-0.25, -0.2) is 0 Å². The number of furan rings is 1. The highest BCUT2D eigenvalue weighted by Crippen LogP contribution is 2.43. The van der Waals surface area contributed by atoms with Gasteiger partial charge in [0.05, 0.1) is 10.1 Å². The molecule has 6 nitrogen and oxygen atoms in total. The SMILES string of the molecule is O=C1NC2(CCN(C(=O)CCl)CC2)SC1Cc1ccc(-c2cccc3c2ccn3Cc2ccccc2)o1. The van der Waals surface area contributed by atoms with Crippen LogP contribution in [0.4, 0.5) is 0 Å². The average molecular weight is 534 g/mol. The second kappa shape index (κ2) is 9.95. The molecule has 4 aromatic rings. The van der Waals surface area contributed by atoms with E-state index in [4.69, 9.17) is 16.0 Å². The number of hydrogen-bond donors (Lipinski definition) is 1. The van der Waals surface area contributed by atoms with Crippen molar-refractivity contribution >= 4 is 46.1 Å². The van der Waals surface area contributed by atoms with Gasteiger partial charge in [0.15, 0.2) is 0 Å². The minimum atomic E-state index is -0.312. The molecule has 4 heterocycles. The van der Waals surface area contributed by atoms with Crippen LogP contribution in [0.5, 0.6) is 0 Å². The Hall–Kier alpha value is -3.16. The van der Waals surface area contributed by atoms with Gasteiger partial charge in [0.2, 0.25) is 11.8 Å². The van der Waals surface area contributed by atoms with E-state index in [0.717, 1.165) is 47.4 Å². The van der Waals surface area contributed by atoms with Gasteiger partial charge >= 0.3 is 0 Å². The van der Waals surface area contributed by atoms with E-state index in [1.807, 2.05) is 18.2 Å². The standard InChI is InChI=1S/C29H28ClN3O3S/c30-18-27(34)32-15-12-29(13-16-32)31-28(35)26(37-29)17-21-9-10-25(36-21)23-7-4-8-24-22(23)11-14-33(24)19-20-5-2-1-3-6-20/h1-11,14,26H,12-13,15-19H2,(H,31,35). The predicted molar refractivity (Wildman–Crippen MR) is 148 cm³/mol. The third-order valence-corrected chi connectivity index (χ3v) is 9.23. The summed E-state index contributed by atoms with van der Waals surface area (Å²) >= 11 is 7.38. The molecule has 0 bridgehead atoms. The smallest absolute Gasteiger partial charge is 0.237 e. The lowest BCUT2D eigenvalue weighted by Crippen LogP contribution is -2.51. The first kappa shape index (κ1) is 24.2. The first-order chi connectivity index (χ1) is 18.0. The van der Waals surface area contributed by atoms with Crippen LogP contribution in [0.1, 0.15) is 24.2 Å². The topological polar surface area (TPSA) is 67.5 Å². The van der Waals surface area contributed by atoms with E-state index in [1.54, 1.807) is 16.7 Å². The molecule has 1 atom stereocenters. The van der Waals surface area contributed by atoms with E-state index >= 15 is 0 Å². The van der Waals surface area contributed by atoms with E-state index in [2.05, 4.69) is 64.6 Å². The summed E-state index contributed by atoms with van der Waals surface area (Å²) < 4.78 is 8.54. The van der Waals surface area contributed by atoms with Crippen LogP contribution in [0.25, 0.3) is 22.2 Å². The fourth-order valence-electron chi connectivity index (χ4n) is 5.41. The summed E-state index contributed by atoms with van der Waals surface area (Å²) in [5.41, 5.74) is 3.46. The lowest BCUT2D eigenvalue weighted by Gasteiger charge is -2.38. The fourth-order valence-corrected chi connectivity index (χ4v) is 7.12. The molecule has 37 heavy (non-hydrogen) atoms. The van der Waals surface area contributed by atoms with Crippen LogP contribution in [0.2, 0.25) is 0 Å². The summed E-state index contributed by atoms with van der Waals surface area (Å²) in [5.74, 6) is 1.61. The molecule has 1 N–H and O–H groups in total. The van der Waals surface area contributed by atoms with Gasteiger partial charge < -0.3 is 19.2 Å². The first-order valence-electron chi connectivity index (χ1n) is 12.6. The molecule has 2 aliphatic heterocycles. The first-order valence-corrected chi connectivity index (χ1v) is 14.0. The number of carbonyl (C=O) groups is 2. The van der Waals surface area contributed by atoms with Crippen molar-refractivity contribution in [1.29, 1.82) is 0 Å². The highest BCUT2D eigenvalue weighted by atomic mass is 35.5. The molecule has 2 aromatic heterocycles. The van der Waals surface area contributed by atoms with Gasteiger partial charge in [-0.05, 0) is 42.7 Å². The Morgan fingerprint density at radius 2 is 1.86 bits per heavy atom. The van der Waals surface area contributed by atoms with Crippen molar-refractivity contribution in [3.05, 3.63) is 84.3 Å². The van der Waals surface area contributed by atoms with Gasteiger partial charge in [0.25, 0.3) is 0 Å². The molecule has 1 unspecified atom stereocenters. The Morgan fingerprint density at radius 1 is 1.05 bits per heavy atom. The average Bonchev–Trinajstić information content (AvgIpc) is 3.63. The number of amides is 2. The van der Waals surface area contributed by atoms with E-state index in [9.17, 15) is 9.59 Å². The maximum Gasteiger partial charge on any atom is 0.237 e. The number of aromatic nitrogens is 1. The zero-order valence-corrected chi connectivity index (χ0v) is 21.9. The van der Waals surface area contributed by atoms with E-state index in [0.29, 0.717) is 19.5 Å². The number of halogens is 1. The summed E-state index contributed by atoms with van der Waals surface area (Å²) in [6.45, 7) is 2.04. The van der Waals surface area contributed by atoms with E-state index in [1.165, 1.54) is 5.56 Å². The summed E-state index contributed by atoms with van der Waals surface area (Å²) in [6, 6.07) is 22.8. The van der Waals surface area contributed by atoms with Gasteiger partial charge in [0, 0.05) is 48.7 Å². The summed E-state index contributed by atoms with van der Waals surface area (Å²) in [5, 5.41) is 4.14. The Bertz CT molecular complexity index is 1440. The largest absolute Gasteiger partial charge is 0.461 e. The van der Waals surface area contributed by atoms with Crippen LogP contribution < -0.4 is 5.32 Å². The Kier molecular flexibility index (Phi) is 6.51. The molecule has 2 aliphatic rings. The van der Waals surface area contributed by atoms with Gasteiger partial charge in [0.1, 0.15) is 17.4 Å². The van der Waals surface area contributed by atoms with Crippen molar-refractivity contribution in [2.24, 2.45) is 0 Å². The normalized spacial score (nSPS) is 19.0. The van der Waals surface area contributed by atoms with Crippen molar-refractivity contribution in [2.45, 2.75) is 35.9 Å². The highest BCUT2D eigenvalue weighted by molar-refractivity contribution is 8.02. The molecule has 1 spiro atoms. The van der Waals surface area contributed by atoms with Gasteiger partial charge in [-0.2, -0.15) is 0 Å². The van der Waals surface area contributed by atoms with Gasteiger partial charge in [-0.15, -0.1) is 23.4 Å². The molecule has 2 aromatic carbocycles. The number of likely N-dealkylation sites (tertiary alicyclic amines) is 1. The molecular weight excluding hydrogens is 506 g/mol. The number of thioether (sulfide) groups is 1. The molecule has 8 heteroatoms. The van der Waals surface area contributed by atoms with E-state index in [-0.39, 0.29) is 27.8 Å². The number of benzene rings is 2. The fraction of sp³-hybridized carbons (Fsp3) is 0.310. The lowest BCUT2D eigenvalue weighted by molar-refractivity contribution is -0.129. The van der Waals surface area contributed by atoms with Crippen LogP contribution in [-0.2, 0) is 22.6 Å². The van der Waals surface area contributed by atoms with Crippen LogP contribution >= 0.6 is 23.4 Å². The van der Waals surface area contributed by atoms with Crippen LogP contribution in [-0.4, -0.2) is 50.4 Å². The number of hydrogen-bond acceptors (Lipinski definition) is 4. The number of alkyl halides is 1. The van der Waals surface area contributed by atoms with Gasteiger partial charge in [-0.3, -0.25) is 9.59 Å². The Morgan fingerprint density at radius 3 is 2.65 bits per heavy atom. The quantitative estimate of drug-likeness (QED) is 0.342. The second-order valence-corrected chi connectivity index (χ2v) is 11.6. The lowest BCUT2D eigenvalue weighted by atomic mass is 10.0. The molecule has 0 aliphatic carbocycles. The molecule has 2 fully saturated rings. The molecule has 2 amide bonds. The maximum atomic E-state index is 12.9. The number of piperidine rings is 1. The van der Waals surface area contributed by atoms with Crippen molar-refractivity contribution < 1.29 is 14.0 Å². The number of nitrogens with zero attached hydrogens (tertiary/aromatic N) is 2. The van der Waals surface area contributed by atoms with Crippen LogP contribution in [0.3, 0.4) is 0 Å². The van der Waals surface area contributed by atoms with Crippen molar-refractivity contribution in [1.82, 2.24) is 14.8 Å². The monoisotopic (exact) mass is 533 g/mol. The molecule has 0 radical (unpaired) electrons. The van der Waals surface area contributed by atoms with E-state index < -0.39 is 0 Å². The zero-order valence-electron chi connectivity index (χ0n) is 20.4. The minimum Gasteiger partial charge on any atom is -0.461 e. The third kappa shape index (κ3) is 4.78. The number of fused-ring (bicyclic) bond motifs is 1. The highest BCUT2D eigenvalue weighted by Gasteiger charge is 2.47. The van der Waals surface area contributed by atoms with Crippen molar-refractivity contribution in [3.8, 4) is 11.3 Å². The number of nitrogens with one attached hydrogen (secondary N) is 1. The molecular formula is C29H28ClN3O3S. The van der Waals surface area contributed by atoms with Gasteiger partial charge in [-0.1, -0.05) is 42.5 Å². The maximum absolute atomic E-state index is 12.9. The predicted octanol–water partition coefficient (Wildman–Crippen LogP) is 5.28. The zero-order chi connectivity index (χ0) is 25.4. The Labute approximate surface area is 225 Å². The van der Waals surface area contributed by atoms with Crippen LogP contribution in [0, 0.1) is 0 Å². The Balaban J connectivity index is 1.16.